The molecule has 0 aliphatic carbocycles. The van der Waals surface area contributed by atoms with Gasteiger partial charge in [-0.1, -0.05) is 15.9 Å². The average Bonchev–Trinajstić information content (AvgIpc) is 2.59. The molecule has 0 aliphatic heterocycles. The van der Waals surface area contributed by atoms with Gasteiger partial charge in [-0.25, -0.2) is 4.39 Å². The second-order valence-corrected chi connectivity index (χ2v) is 5.47. The van der Waals surface area contributed by atoms with Gasteiger partial charge in [-0.05, 0) is 30.7 Å². The minimum absolute atomic E-state index is 0.318. The number of thiophene rings is 1. The highest BCUT2D eigenvalue weighted by atomic mass is 79.9. The van der Waals surface area contributed by atoms with Crippen molar-refractivity contribution in [3.8, 4) is 16.5 Å². The summed E-state index contributed by atoms with van der Waals surface area (Å²) in [5.41, 5.74) is 7.45. The van der Waals surface area contributed by atoms with Crippen LogP contribution in [0.2, 0.25) is 0 Å². The van der Waals surface area contributed by atoms with Crippen molar-refractivity contribution in [2.45, 2.75) is 6.92 Å². The molecule has 0 aliphatic rings. The number of benzene rings is 1. The van der Waals surface area contributed by atoms with Crippen molar-refractivity contribution in [1.29, 1.82) is 5.26 Å². The largest absolute Gasteiger partial charge is 0.397 e. The molecule has 0 spiro atoms. The Kier molecular flexibility index (Phi) is 3.18. The van der Waals surface area contributed by atoms with E-state index in [1.165, 1.54) is 17.4 Å². The molecule has 2 aromatic rings. The molecular weight excluding hydrogens is 303 g/mol. The minimum Gasteiger partial charge on any atom is -0.397 e. The Balaban J connectivity index is 2.69. The first-order valence-corrected chi connectivity index (χ1v) is 6.40. The van der Waals surface area contributed by atoms with Crippen molar-refractivity contribution < 1.29 is 4.39 Å². The lowest BCUT2D eigenvalue weighted by molar-refractivity contribution is 0.631. The van der Waals surface area contributed by atoms with Gasteiger partial charge in [0.2, 0.25) is 0 Å². The zero-order valence-corrected chi connectivity index (χ0v) is 11.3. The molecule has 0 radical (unpaired) electrons. The van der Waals surface area contributed by atoms with Crippen molar-refractivity contribution >= 4 is 33.0 Å². The van der Waals surface area contributed by atoms with Gasteiger partial charge in [0.1, 0.15) is 16.8 Å². The molecule has 17 heavy (non-hydrogen) atoms. The third-order valence-corrected chi connectivity index (χ3v) is 4.21. The third-order valence-electron chi connectivity index (χ3n) is 2.47. The summed E-state index contributed by atoms with van der Waals surface area (Å²) in [5.74, 6) is -0.318. The lowest BCUT2D eigenvalue weighted by Crippen LogP contribution is -1.88. The zero-order valence-electron chi connectivity index (χ0n) is 8.92. The zero-order chi connectivity index (χ0) is 12.6. The van der Waals surface area contributed by atoms with Gasteiger partial charge in [0.15, 0.2) is 0 Å². The van der Waals surface area contributed by atoms with Gasteiger partial charge in [-0.15, -0.1) is 11.3 Å². The van der Waals surface area contributed by atoms with Crippen LogP contribution in [0.25, 0.3) is 10.4 Å². The molecule has 0 atom stereocenters. The first-order chi connectivity index (χ1) is 8.04. The molecule has 0 amide bonds. The fourth-order valence-electron chi connectivity index (χ4n) is 1.54. The Morgan fingerprint density at radius 2 is 2.18 bits per heavy atom. The van der Waals surface area contributed by atoms with Gasteiger partial charge in [-0.3, -0.25) is 0 Å². The molecule has 0 saturated carbocycles. The van der Waals surface area contributed by atoms with Crippen LogP contribution in [0.5, 0.6) is 0 Å². The molecule has 2 rings (SSSR count). The maximum atomic E-state index is 13.7. The highest BCUT2D eigenvalue weighted by molar-refractivity contribution is 9.10. The average molecular weight is 311 g/mol. The van der Waals surface area contributed by atoms with E-state index < -0.39 is 0 Å². The van der Waals surface area contributed by atoms with Crippen LogP contribution in [0.15, 0.2) is 22.7 Å². The Morgan fingerprint density at radius 1 is 1.47 bits per heavy atom. The number of rotatable bonds is 1. The number of nitrogens with two attached hydrogens (primary N) is 1. The van der Waals surface area contributed by atoms with Crippen LogP contribution in [0.1, 0.15) is 10.4 Å². The van der Waals surface area contributed by atoms with Crippen molar-refractivity contribution in [3.63, 3.8) is 0 Å². The van der Waals surface area contributed by atoms with E-state index in [2.05, 4.69) is 15.9 Å². The normalized spacial score (nSPS) is 10.2. The molecule has 1 aromatic heterocycles. The molecule has 86 valence electrons. The fourth-order valence-corrected chi connectivity index (χ4v) is 2.94. The van der Waals surface area contributed by atoms with Crippen LogP contribution < -0.4 is 5.73 Å². The van der Waals surface area contributed by atoms with Gasteiger partial charge in [0, 0.05) is 14.9 Å². The van der Waals surface area contributed by atoms with E-state index >= 15 is 0 Å². The molecule has 0 fully saturated rings. The molecule has 2 N–H and O–H groups in total. The first kappa shape index (κ1) is 12.1. The number of hydrogen-bond donors (Lipinski definition) is 1. The van der Waals surface area contributed by atoms with Gasteiger partial charge in [0.05, 0.1) is 5.69 Å². The molecule has 5 heteroatoms. The van der Waals surface area contributed by atoms with Crippen LogP contribution in [-0.4, -0.2) is 0 Å². The summed E-state index contributed by atoms with van der Waals surface area (Å²) >= 11 is 4.52. The number of anilines is 1. The number of hydrogen-bond acceptors (Lipinski definition) is 3. The SMILES string of the molecule is Cc1c(-c2cc(Br)ccc2F)sc(C#N)c1N. The summed E-state index contributed by atoms with van der Waals surface area (Å²) in [6, 6.07) is 6.73. The van der Waals surface area contributed by atoms with E-state index in [0.717, 1.165) is 10.0 Å². The summed E-state index contributed by atoms with van der Waals surface area (Å²) < 4.78 is 14.5. The van der Waals surface area contributed by atoms with Gasteiger partial charge in [-0.2, -0.15) is 5.26 Å². The monoisotopic (exact) mass is 310 g/mol. The number of nitrogen functional groups attached to an aromatic ring is 1. The Hall–Kier alpha value is -1.38. The molecule has 0 bridgehead atoms. The number of nitriles is 1. The molecule has 1 heterocycles. The fraction of sp³-hybridized carbons (Fsp3) is 0.0833. The first-order valence-electron chi connectivity index (χ1n) is 4.79. The van der Waals surface area contributed by atoms with Crippen LogP contribution in [0.4, 0.5) is 10.1 Å². The van der Waals surface area contributed by atoms with E-state index in [1.807, 2.05) is 6.07 Å². The van der Waals surface area contributed by atoms with Crippen LogP contribution >= 0.6 is 27.3 Å². The summed E-state index contributed by atoms with van der Waals surface area (Å²) in [6.07, 6.45) is 0. The van der Waals surface area contributed by atoms with E-state index in [4.69, 9.17) is 11.0 Å². The standard InChI is InChI=1S/C12H8BrFN2S/c1-6-11(16)10(5-15)17-12(6)8-4-7(13)2-3-9(8)14/h2-4H,16H2,1H3. The highest BCUT2D eigenvalue weighted by Crippen LogP contribution is 2.39. The van der Waals surface area contributed by atoms with E-state index in [0.29, 0.717) is 21.0 Å². The molecule has 0 saturated heterocycles. The molecule has 0 unspecified atom stereocenters. The molecule has 2 nitrogen and oxygen atoms in total. The van der Waals surface area contributed by atoms with Crippen LogP contribution in [0, 0.1) is 24.1 Å². The maximum Gasteiger partial charge on any atom is 0.131 e. The van der Waals surface area contributed by atoms with Crippen LogP contribution in [-0.2, 0) is 0 Å². The second-order valence-electron chi connectivity index (χ2n) is 3.53. The van der Waals surface area contributed by atoms with Gasteiger partial charge < -0.3 is 5.73 Å². The number of halogens is 2. The van der Waals surface area contributed by atoms with Crippen molar-refractivity contribution in [1.82, 2.24) is 0 Å². The summed E-state index contributed by atoms with van der Waals surface area (Å²) in [7, 11) is 0. The predicted octanol–water partition coefficient (Wildman–Crippen LogP) is 4.08. The summed E-state index contributed by atoms with van der Waals surface area (Å²) in [4.78, 5) is 1.13. The maximum absolute atomic E-state index is 13.7. The quantitative estimate of drug-likeness (QED) is 0.862. The molecular formula is C12H8BrFN2S. The summed E-state index contributed by atoms with van der Waals surface area (Å²) in [6.45, 7) is 1.79. The van der Waals surface area contributed by atoms with Crippen molar-refractivity contribution in [2.75, 3.05) is 5.73 Å². The lowest BCUT2D eigenvalue weighted by Gasteiger charge is -2.03. The predicted molar refractivity (Wildman–Crippen MR) is 71.3 cm³/mol. The van der Waals surface area contributed by atoms with Crippen LogP contribution in [0.3, 0.4) is 0 Å². The summed E-state index contributed by atoms with van der Waals surface area (Å²) in [5, 5.41) is 8.90. The second kappa shape index (κ2) is 4.47. The van der Waals surface area contributed by atoms with E-state index in [9.17, 15) is 4.39 Å². The Labute approximate surface area is 111 Å². The van der Waals surface area contributed by atoms with Crippen molar-refractivity contribution in [2.24, 2.45) is 0 Å². The van der Waals surface area contributed by atoms with E-state index in [-0.39, 0.29) is 5.82 Å². The van der Waals surface area contributed by atoms with E-state index in [1.54, 1.807) is 19.1 Å². The Bertz CT molecular complexity index is 628. The minimum atomic E-state index is -0.318. The number of nitrogens with zero attached hydrogens (tertiary/aromatic N) is 1. The van der Waals surface area contributed by atoms with Crippen molar-refractivity contribution in [3.05, 3.63) is 38.9 Å². The smallest absolute Gasteiger partial charge is 0.131 e. The van der Waals surface area contributed by atoms with Gasteiger partial charge >= 0.3 is 0 Å². The lowest BCUT2D eigenvalue weighted by atomic mass is 10.1. The topological polar surface area (TPSA) is 49.8 Å². The van der Waals surface area contributed by atoms with Gasteiger partial charge in [0.25, 0.3) is 0 Å². The highest BCUT2D eigenvalue weighted by Gasteiger charge is 2.16. The molecule has 1 aromatic carbocycles. The third kappa shape index (κ3) is 2.06. The Morgan fingerprint density at radius 3 is 2.76 bits per heavy atom.